The summed E-state index contributed by atoms with van der Waals surface area (Å²) in [6.07, 6.45) is 5.49. The molecule has 1 aromatic rings. The van der Waals surface area contributed by atoms with Crippen LogP contribution in [0.4, 0.5) is 4.39 Å². The van der Waals surface area contributed by atoms with Crippen molar-refractivity contribution in [3.63, 3.8) is 0 Å². The molecule has 32 heavy (non-hydrogen) atoms. The second-order valence-electron chi connectivity index (χ2n) is 8.88. The Labute approximate surface area is 191 Å². The van der Waals surface area contributed by atoms with Crippen LogP contribution in [0.1, 0.15) is 70.9 Å². The third-order valence-corrected chi connectivity index (χ3v) is 5.56. The van der Waals surface area contributed by atoms with Crippen LogP contribution in [0, 0.1) is 17.7 Å². The van der Waals surface area contributed by atoms with Crippen molar-refractivity contribution in [1.82, 2.24) is 10.6 Å². The molecule has 7 heteroatoms. The number of rotatable bonds is 17. The highest BCUT2D eigenvalue weighted by atomic mass is 19.1. The van der Waals surface area contributed by atoms with Crippen molar-refractivity contribution in [2.45, 2.75) is 65.3 Å². The van der Waals surface area contributed by atoms with Crippen LogP contribution in [0.3, 0.4) is 0 Å². The molecule has 1 atom stereocenters. The standard InChI is InChI=1S/C25H39FN2O4/c1-4-31-24(30)16-27-13-7-5-6-8-21(29)15-28-25(18(2)3)20-11-12-22(26)23(14-20)32-17-19-9-10-19/h11-12,14,18-19,25,27-28H,4-10,13,15-17H2,1-3H3. The number of Topliss-reactive ketones (excluding diaryl/α,β-unsaturated/α-hetero) is 1. The Hall–Kier alpha value is -1.99. The lowest BCUT2D eigenvalue weighted by Crippen LogP contribution is -2.31. The van der Waals surface area contributed by atoms with E-state index in [-0.39, 0.29) is 36.1 Å². The van der Waals surface area contributed by atoms with Crippen LogP contribution in [0.25, 0.3) is 0 Å². The molecule has 6 nitrogen and oxygen atoms in total. The third kappa shape index (κ3) is 10.1. The predicted octanol–water partition coefficient (Wildman–Crippen LogP) is 4.18. The second-order valence-corrected chi connectivity index (χ2v) is 8.88. The van der Waals surface area contributed by atoms with Crippen molar-refractivity contribution in [2.75, 3.05) is 32.8 Å². The van der Waals surface area contributed by atoms with Gasteiger partial charge in [0.15, 0.2) is 11.6 Å². The molecule has 2 rings (SSSR count). The maximum Gasteiger partial charge on any atom is 0.319 e. The summed E-state index contributed by atoms with van der Waals surface area (Å²) in [5.74, 6) is 0.686. The van der Waals surface area contributed by atoms with E-state index in [0.717, 1.165) is 44.2 Å². The molecule has 1 aliphatic carbocycles. The minimum atomic E-state index is -0.343. The average molecular weight is 451 g/mol. The maximum absolute atomic E-state index is 14.1. The fourth-order valence-electron chi connectivity index (χ4n) is 3.52. The number of ether oxygens (including phenoxy) is 2. The van der Waals surface area contributed by atoms with Gasteiger partial charge < -0.3 is 20.1 Å². The largest absolute Gasteiger partial charge is 0.490 e. The maximum atomic E-state index is 14.1. The van der Waals surface area contributed by atoms with Gasteiger partial charge >= 0.3 is 5.97 Å². The van der Waals surface area contributed by atoms with Crippen LogP contribution >= 0.6 is 0 Å². The molecule has 0 spiro atoms. The van der Waals surface area contributed by atoms with Gasteiger partial charge in [-0.15, -0.1) is 0 Å². The zero-order valence-electron chi connectivity index (χ0n) is 19.8. The molecule has 0 aromatic heterocycles. The Bertz CT molecular complexity index is 722. The Balaban J connectivity index is 1.69. The molecule has 1 saturated carbocycles. The van der Waals surface area contributed by atoms with E-state index in [1.54, 1.807) is 19.1 Å². The molecule has 0 amide bonds. The van der Waals surface area contributed by atoms with E-state index in [1.165, 1.54) is 6.07 Å². The van der Waals surface area contributed by atoms with E-state index >= 15 is 0 Å². The molecule has 0 radical (unpaired) electrons. The summed E-state index contributed by atoms with van der Waals surface area (Å²) < 4.78 is 24.6. The Morgan fingerprint density at radius 2 is 1.94 bits per heavy atom. The van der Waals surface area contributed by atoms with Crippen LogP contribution in [-0.4, -0.2) is 44.6 Å². The smallest absolute Gasteiger partial charge is 0.319 e. The summed E-state index contributed by atoms with van der Waals surface area (Å²) in [6, 6.07) is 4.94. The summed E-state index contributed by atoms with van der Waals surface area (Å²) in [5.41, 5.74) is 0.938. The number of unbranched alkanes of at least 4 members (excludes halogenated alkanes) is 2. The van der Waals surface area contributed by atoms with Crippen LogP contribution in [0.5, 0.6) is 5.75 Å². The number of esters is 1. The van der Waals surface area contributed by atoms with Crippen molar-refractivity contribution in [3.8, 4) is 5.75 Å². The molecule has 1 aliphatic rings. The molecule has 0 aliphatic heterocycles. The van der Waals surface area contributed by atoms with Gasteiger partial charge in [0.25, 0.3) is 0 Å². The molecule has 1 aromatic carbocycles. The number of hydrogen-bond acceptors (Lipinski definition) is 6. The van der Waals surface area contributed by atoms with Gasteiger partial charge in [0.2, 0.25) is 0 Å². The number of carbonyl (C=O) groups excluding carboxylic acids is 2. The minimum Gasteiger partial charge on any atom is -0.490 e. The Morgan fingerprint density at radius 1 is 1.16 bits per heavy atom. The summed E-state index contributed by atoms with van der Waals surface area (Å²) in [5, 5.41) is 6.40. The third-order valence-electron chi connectivity index (χ3n) is 5.56. The fraction of sp³-hybridized carbons (Fsp3) is 0.680. The van der Waals surface area contributed by atoms with Gasteiger partial charge in [-0.05, 0) is 68.7 Å². The van der Waals surface area contributed by atoms with Crippen LogP contribution in [0.15, 0.2) is 18.2 Å². The van der Waals surface area contributed by atoms with Gasteiger partial charge in [-0.2, -0.15) is 0 Å². The van der Waals surface area contributed by atoms with Crippen LogP contribution < -0.4 is 15.4 Å². The highest BCUT2D eigenvalue weighted by Gasteiger charge is 2.23. The molecule has 2 N–H and O–H groups in total. The minimum absolute atomic E-state index is 0.0464. The van der Waals surface area contributed by atoms with Gasteiger partial charge in [-0.25, -0.2) is 4.39 Å². The summed E-state index contributed by atoms with van der Waals surface area (Å²) in [4.78, 5) is 23.6. The quantitative estimate of drug-likeness (QED) is 0.274. The highest BCUT2D eigenvalue weighted by Crippen LogP contribution is 2.32. The molecule has 1 unspecified atom stereocenters. The van der Waals surface area contributed by atoms with Crippen molar-refractivity contribution in [2.24, 2.45) is 11.8 Å². The number of nitrogens with one attached hydrogen (secondary N) is 2. The highest BCUT2D eigenvalue weighted by molar-refractivity contribution is 5.80. The molecule has 0 saturated heterocycles. The lowest BCUT2D eigenvalue weighted by Gasteiger charge is -2.23. The van der Waals surface area contributed by atoms with Gasteiger partial charge in [-0.1, -0.05) is 26.3 Å². The van der Waals surface area contributed by atoms with Crippen molar-refractivity contribution >= 4 is 11.8 Å². The van der Waals surface area contributed by atoms with E-state index in [0.29, 0.717) is 37.8 Å². The first-order valence-corrected chi connectivity index (χ1v) is 11.9. The Kier molecular flexibility index (Phi) is 11.7. The number of ketones is 1. The predicted molar refractivity (Wildman–Crippen MR) is 123 cm³/mol. The topological polar surface area (TPSA) is 76.7 Å². The summed E-state index contributed by atoms with van der Waals surface area (Å²) in [6.45, 7) is 8.16. The first-order chi connectivity index (χ1) is 15.4. The van der Waals surface area contributed by atoms with E-state index in [2.05, 4.69) is 24.5 Å². The van der Waals surface area contributed by atoms with Crippen molar-refractivity contribution < 1.29 is 23.5 Å². The molecule has 180 valence electrons. The van der Waals surface area contributed by atoms with Gasteiger partial charge in [-0.3, -0.25) is 9.59 Å². The van der Waals surface area contributed by atoms with Gasteiger partial charge in [0, 0.05) is 12.5 Å². The van der Waals surface area contributed by atoms with E-state index in [1.807, 2.05) is 0 Å². The van der Waals surface area contributed by atoms with E-state index in [4.69, 9.17) is 9.47 Å². The fourth-order valence-corrected chi connectivity index (χ4v) is 3.52. The van der Waals surface area contributed by atoms with Crippen molar-refractivity contribution in [1.29, 1.82) is 0 Å². The first-order valence-electron chi connectivity index (χ1n) is 11.9. The van der Waals surface area contributed by atoms with E-state index < -0.39 is 0 Å². The lowest BCUT2D eigenvalue weighted by molar-refractivity contribution is -0.142. The second kappa shape index (κ2) is 14.2. The Morgan fingerprint density at radius 3 is 2.62 bits per heavy atom. The lowest BCUT2D eigenvalue weighted by atomic mass is 9.95. The van der Waals surface area contributed by atoms with Crippen LogP contribution in [-0.2, 0) is 14.3 Å². The zero-order chi connectivity index (χ0) is 23.3. The SMILES string of the molecule is CCOC(=O)CNCCCCCC(=O)CNC(c1ccc(F)c(OCC2CC2)c1)C(C)C. The molecule has 1 fully saturated rings. The van der Waals surface area contributed by atoms with Crippen molar-refractivity contribution in [3.05, 3.63) is 29.6 Å². The van der Waals surface area contributed by atoms with E-state index in [9.17, 15) is 14.0 Å². The monoisotopic (exact) mass is 450 g/mol. The average Bonchev–Trinajstić information content (AvgIpc) is 3.57. The molecular weight excluding hydrogens is 411 g/mol. The molecule has 0 bridgehead atoms. The normalized spacial score (nSPS) is 14.4. The summed E-state index contributed by atoms with van der Waals surface area (Å²) in [7, 11) is 0. The number of halogens is 1. The summed E-state index contributed by atoms with van der Waals surface area (Å²) >= 11 is 0. The number of hydrogen-bond donors (Lipinski definition) is 2. The van der Waals surface area contributed by atoms with Gasteiger partial charge in [0.05, 0.1) is 26.3 Å². The van der Waals surface area contributed by atoms with Crippen LogP contribution in [0.2, 0.25) is 0 Å². The number of carbonyl (C=O) groups is 2. The zero-order valence-corrected chi connectivity index (χ0v) is 19.8. The molecular formula is C25H39FN2O4. The number of benzene rings is 1. The molecule has 0 heterocycles. The van der Waals surface area contributed by atoms with Gasteiger partial charge in [0.1, 0.15) is 5.78 Å². The first kappa shape index (κ1) is 26.3.